The van der Waals surface area contributed by atoms with Crippen LogP contribution in [0, 0.1) is 0 Å². The van der Waals surface area contributed by atoms with Crippen LogP contribution in [0.2, 0.25) is 0 Å². The molecule has 0 fully saturated rings. The Balaban J connectivity index is 1.45. The Kier molecular flexibility index (Phi) is 6.73. The van der Waals surface area contributed by atoms with Crippen molar-refractivity contribution in [2.24, 2.45) is 0 Å². The van der Waals surface area contributed by atoms with Crippen LogP contribution in [-0.2, 0) is 20.7 Å². The molecule has 0 unspecified atom stereocenters. The number of hydrogen-bond acceptors (Lipinski definition) is 6. The van der Waals surface area contributed by atoms with E-state index in [0.29, 0.717) is 36.8 Å². The molecule has 3 rings (SSSR count). The predicted molar refractivity (Wildman–Crippen MR) is 103 cm³/mol. The van der Waals surface area contributed by atoms with E-state index in [1.54, 1.807) is 25.3 Å². The fraction of sp³-hybridized carbons (Fsp3) is 0.333. The quantitative estimate of drug-likeness (QED) is 0.738. The van der Waals surface area contributed by atoms with Gasteiger partial charge in [-0.1, -0.05) is 18.2 Å². The van der Waals surface area contributed by atoms with E-state index in [2.05, 4.69) is 5.32 Å². The smallest absolute Gasteiger partial charge is 0.306 e. The van der Waals surface area contributed by atoms with Gasteiger partial charge in [0.2, 0.25) is 0 Å². The van der Waals surface area contributed by atoms with Crippen LogP contribution in [0.5, 0.6) is 17.2 Å². The maximum Gasteiger partial charge on any atom is 0.306 e. The zero-order valence-electron chi connectivity index (χ0n) is 15.7. The molecule has 1 N–H and O–H groups in total. The third-order valence-corrected chi connectivity index (χ3v) is 4.19. The molecule has 2 aromatic carbocycles. The van der Waals surface area contributed by atoms with Crippen molar-refractivity contribution in [3.63, 3.8) is 0 Å². The average molecular weight is 385 g/mol. The van der Waals surface area contributed by atoms with E-state index in [-0.39, 0.29) is 13.0 Å². The first-order valence-electron chi connectivity index (χ1n) is 9.13. The number of nitrogens with one attached hydrogen (secondary N) is 1. The topological polar surface area (TPSA) is 83.1 Å². The predicted octanol–water partition coefficient (Wildman–Crippen LogP) is 2.97. The van der Waals surface area contributed by atoms with Gasteiger partial charge >= 0.3 is 5.97 Å². The fourth-order valence-electron chi connectivity index (χ4n) is 2.80. The molecular formula is C21H23NO6. The highest BCUT2D eigenvalue weighted by Gasteiger charge is 2.13. The minimum atomic E-state index is -0.445. The summed E-state index contributed by atoms with van der Waals surface area (Å²) in [6.07, 6.45) is 1.45. The van der Waals surface area contributed by atoms with Gasteiger partial charge in [-0.05, 0) is 30.2 Å². The first-order valence-corrected chi connectivity index (χ1v) is 9.13. The van der Waals surface area contributed by atoms with Crippen LogP contribution in [0.15, 0.2) is 42.5 Å². The Morgan fingerprint density at radius 2 is 1.86 bits per heavy atom. The molecule has 28 heavy (non-hydrogen) atoms. The molecule has 0 aliphatic carbocycles. The van der Waals surface area contributed by atoms with Gasteiger partial charge in [0, 0.05) is 24.6 Å². The van der Waals surface area contributed by atoms with Crippen LogP contribution in [0.1, 0.15) is 18.4 Å². The molecule has 148 valence electrons. The summed E-state index contributed by atoms with van der Waals surface area (Å²) in [7, 11) is 1.58. The van der Waals surface area contributed by atoms with Gasteiger partial charge in [0.25, 0.3) is 5.91 Å². The number of aryl methyl sites for hydroxylation is 1. The van der Waals surface area contributed by atoms with Crippen LogP contribution in [-0.4, -0.2) is 38.8 Å². The Hall–Kier alpha value is -3.22. The molecular weight excluding hydrogens is 362 g/mol. The highest BCUT2D eigenvalue weighted by molar-refractivity contribution is 5.93. The standard InChI is InChI=1S/C21H23NO6/c1-25-17-6-3-2-5-15(17)7-10-21(24)28-14-20(23)22-16-8-9-18-19(13-16)27-12-4-11-26-18/h2-3,5-6,8-9,13H,4,7,10-12,14H2,1H3,(H,22,23). The molecule has 1 heterocycles. The summed E-state index contributed by atoms with van der Waals surface area (Å²) in [5.74, 6) is 1.10. The number of amides is 1. The van der Waals surface area contributed by atoms with E-state index in [1.807, 2.05) is 24.3 Å². The molecule has 0 radical (unpaired) electrons. The molecule has 1 aliphatic heterocycles. The Bertz CT molecular complexity index is 835. The van der Waals surface area contributed by atoms with E-state index >= 15 is 0 Å². The van der Waals surface area contributed by atoms with E-state index in [1.165, 1.54) is 0 Å². The number of hydrogen-bond donors (Lipinski definition) is 1. The number of anilines is 1. The molecule has 7 nitrogen and oxygen atoms in total. The number of para-hydroxylation sites is 1. The third-order valence-electron chi connectivity index (χ3n) is 4.19. The van der Waals surface area contributed by atoms with Crippen LogP contribution < -0.4 is 19.5 Å². The number of fused-ring (bicyclic) bond motifs is 1. The van der Waals surface area contributed by atoms with Crippen molar-refractivity contribution in [1.29, 1.82) is 0 Å². The van der Waals surface area contributed by atoms with Gasteiger partial charge in [-0.3, -0.25) is 9.59 Å². The van der Waals surface area contributed by atoms with Crippen molar-refractivity contribution in [3.05, 3.63) is 48.0 Å². The van der Waals surface area contributed by atoms with Crippen molar-refractivity contribution in [2.75, 3.05) is 32.2 Å². The summed E-state index contributed by atoms with van der Waals surface area (Å²) in [5.41, 5.74) is 1.47. The molecule has 0 saturated carbocycles. The number of carbonyl (C=O) groups excluding carboxylic acids is 2. The van der Waals surface area contributed by atoms with Crippen LogP contribution >= 0.6 is 0 Å². The lowest BCUT2D eigenvalue weighted by molar-refractivity contribution is -0.147. The fourth-order valence-corrected chi connectivity index (χ4v) is 2.80. The molecule has 0 saturated heterocycles. The van der Waals surface area contributed by atoms with E-state index in [9.17, 15) is 9.59 Å². The number of esters is 1. The van der Waals surface area contributed by atoms with Gasteiger partial charge in [-0.25, -0.2) is 0 Å². The summed E-state index contributed by atoms with van der Waals surface area (Å²) in [5, 5.41) is 2.69. The maximum absolute atomic E-state index is 12.0. The highest BCUT2D eigenvalue weighted by Crippen LogP contribution is 2.32. The average Bonchev–Trinajstić information content (AvgIpc) is 2.96. The molecule has 0 aromatic heterocycles. The lowest BCUT2D eigenvalue weighted by Gasteiger charge is -2.11. The monoisotopic (exact) mass is 385 g/mol. The summed E-state index contributed by atoms with van der Waals surface area (Å²) in [4.78, 5) is 24.0. The summed E-state index contributed by atoms with van der Waals surface area (Å²) in [6, 6.07) is 12.6. The third kappa shape index (κ3) is 5.39. The van der Waals surface area contributed by atoms with Crippen LogP contribution in [0.3, 0.4) is 0 Å². The largest absolute Gasteiger partial charge is 0.496 e. The normalized spacial score (nSPS) is 12.6. The molecule has 1 amide bonds. The van der Waals surface area contributed by atoms with Crippen molar-refractivity contribution >= 4 is 17.6 Å². The van der Waals surface area contributed by atoms with Gasteiger partial charge in [-0.2, -0.15) is 0 Å². The van der Waals surface area contributed by atoms with E-state index in [0.717, 1.165) is 17.7 Å². The van der Waals surface area contributed by atoms with Crippen molar-refractivity contribution in [3.8, 4) is 17.2 Å². The number of methoxy groups -OCH3 is 1. The number of rotatable bonds is 7. The number of carbonyl (C=O) groups is 2. The molecule has 0 atom stereocenters. The van der Waals surface area contributed by atoms with Gasteiger partial charge in [0.15, 0.2) is 18.1 Å². The lowest BCUT2D eigenvalue weighted by Crippen LogP contribution is -2.21. The van der Waals surface area contributed by atoms with Gasteiger partial charge in [0.1, 0.15) is 5.75 Å². The molecule has 7 heteroatoms. The first kappa shape index (κ1) is 19.5. The molecule has 0 bridgehead atoms. The van der Waals surface area contributed by atoms with E-state index < -0.39 is 11.9 Å². The Morgan fingerprint density at radius 1 is 1.07 bits per heavy atom. The maximum atomic E-state index is 12.0. The SMILES string of the molecule is COc1ccccc1CCC(=O)OCC(=O)Nc1ccc2c(c1)OCCCO2. The second-order valence-corrected chi connectivity index (χ2v) is 6.23. The minimum absolute atomic E-state index is 0.164. The zero-order valence-corrected chi connectivity index (χ0v) is 15.7. The van der Waals surface area contributed by atoms with Gasteiger partial charge < -0.3 is 24.3 Å². The van der Waals surface area contributed by atoms with Crippen molar-refractivity contribution < 1.29 is 28.5 Å². The summed E-state index contributed by atoms with van der Waals surface area (Å²) in [6.45, 7) is 0.816. The van der Waals surface area contributed by atoms with Crippen LogP contribution in [0.25, 0.3) is 0 Å². The second-order valence-electron chi connectivity index (χ2n) is 6.23. The Morgan fingerprint density at radius 3 is 2.68 bits per heavy atom. The van der Waals surface area contributed by atoms with Crippen molar-refractivity contribution in [1.82, 2.24) is 0 Å². The van der Waals surface area contributed by atoms with Crippen LogP contribution in [0.4, 0.5) is 5.69 Å². The van der Waals surface area contributed by atoms with Gasteiger partial charge in [0.05, 0.1) is 20.3 Å². The second kappa shape index (κ2) is 9.64. The Labute approximate surface area is 163 Å². The first-order chi connectivity index (χ1) is 13.7. The zero-order chi connectivity index (χ0) is 19.8. The van der Waals surface area contributed by atoms with Gasteiger partial charge in [-0.15, -0.1) is 0 Å². The molecule has 1 aliphatic rings. The number of ether oxygens (including phenoxy) is 4. The van der Waals surface area contributed by atoms with E-state index in [4.69, 9.17) is 18.9 Å². The molecule has 0 spiro atoms. The van der Waals surface area contributed by atoms with Crippen molar-refractivity contribution in [2.45, 2.75) is 19.3 Å². The summed E-state index contributed by atoms with van der Waals surface area (Å²) < 4.78 is 21.5. The highest BCUT2D eigenvalue weighted by atomic mass is 16.5. The summed E-state index contributed by atoms with van der Waals surface area (Å²) >= 11 is 0. The number of benzene rings is 2. The minimum Gasteiger partial charge on any atom is -0.496 e. The molecule has 2 aromatic rings. The lowest BCUT2D eigenvalue weighted by atomic mass is 10.1.